The number of rotatable bonds is 8. The van der Waals surface area contributed by atoms with Crippen molar-refractivity contribution >= 4 is 5.91 Å². The number of hydrogen-bond donors (Lipinski definition) is 2. The van der Waals surface area contributed by atoms with E-state index >= 15 is 0 Å². The minimum Gasteiger partial charge on any atom is -0.396 e. The molecule has 0 saturated heterocycles. The lowest BCUT2D eigenvalue weighted by molar-refractivity contribution is -0.120. The number of carbonyl (C=O) groups is 1. The molecule has 1 aromatic carbocycles. The number of aliphatic hydroxyl groups is 1. The predicted octanol–water partition coefficient (Wildman–Crippen LogP) is 2.42. The Kier molecular flexibility index (Phi) is 7.15. The number of carbonyl (C=O) groups excluding carboxylic acids is 1. The first-order chi connectivity index (χ1) is 9.58. The molecule has 1 rings (SSSR count). The highest BCUT2D eigenvalue weighted by molar-refractivity contribution is 5.78. The molecule has 0 spiro atoms. The Balaban J connectivity index is 2.51. The molecule has 1 amide bonds. The number of amides is 1. The monoisotopic (exact) mass is 285 g/mol. The van der Waals surface area contributed by atoms with Crippen LogP contribution in [-0.2, 0) is 11.2 Å². The van der Waals surface area contributed by atoms with Gasteiger partial charge in [-0.3, -0.25) is 4.79 Å². The Morgan fingerprint density at radius 3 is 2.50 bits per heavy atom. The second-order valence-electron chi connectivity index (χ2n) is 4.85. The van der Waals surface area contributed by atoms with Crippen LogP contribution in [-0.4, -0.2) is 24.2 Å². The summed E-state index contributed by atoms with van der Waals surface area (Å²) in [5, 5.41) is 11.6. The highest BCUT2D eigenvalue weighted by atomic mass is 19.1. The summed E-state index contributed by atoms with van der Waals surface area (Å²) >= 11 is 0. The first kappa shape index (κ1) is 16.6. The van der Waals surface area contributed by atoms with Crippen LogP contribution in [0.4, 0.5) is 8.78 Å². The van der Waals surface area contributed by atoms with Crippen molar-refractivity contribution in [3.8, 4) is 0 Å². The van der Waals surface area contributed by atoms with Crippen LogP contribution < -0.4 is 5.32 Å². The van der Waals surface area contributed by atoms with E-state index in [0.29, 0.717) is 13.0 Å². The summed E-state index contributed by atoms with van der Waals surface area (Å²) in [6, 6.07) is 3.54. The standard InChI is InChI=1S/C15H21F2NO2/c1-2-4-11(7-8-19)10-18-15(20)9-12-13(16)5-3-6-14(12)17/h3,5-6,11,19H,2,4,7-10H2,1H3,(H,18,20). The average molecular weight is 285 g/mol. The van der Waals surface area contributed by atoms with Gasteiger partial charge in [0.05, 0.1) is 6.42 Å². The van der Waals surface area contributed by atoms with E-state index in [9.17, 15) is 13.6 Å². The molecule has 1 aromatic rings. The van der Waals surface area contributed by atoms with Gasteiger partial charge in [0.2, 0.25) is 5.91 Å². The van der Waals surface area contributed by atoms with Crippen molar-refractivity contribution in [2.45, 2.75) is 32.6 Å². The van der Waals surface area contributed by atoms with Crippen LogP contribution in [0.25, 0.3) is 0 Å². The molecule has 1 atom stereocenters. The molecule has 1 unspecified atom stereocenters. The number of nitrogens with one attached hydrogen (secondary N) is 1. The minimum atomic E-state index is -0.708. The van der Waals surface area contributed by atoms with Gasteiger partial charge >= 0.3 is 0 Å². The molecule has 0 saturated carbocycles. The molecule has 0 bridgehead atoms. The van der Waals surface area contributed by atoms with E-state index in [0.717, 1.165) is 25.0 Å². The van der Waals surface area contributed by atoms with Crippen molar-refractivity contribution in [1.29, 1.82) is 0 Å². The summed E-state index contributed by atoms with van der Waals surface area (Å²) < 4.78 is 26.8. The van der Waals surface area contributed by atoms with Crippen molar-refractivity contribution in [1.82, 2.24) is 5.32 Å². The third-order valence-corrected chi connectivity index (χ3v) is 3.22. The van der Waals surface area contributed by atoms with Gasteiger partial charge in [-0.1, -0.05) is 19.4 Å². The molecule has 5 heteroatoms. The van der Waals surface area contributed by atoms with Gasteiger partial charge < -0.3 is 10.4 Å². The molecule has 0 aliphatic heterocycles. The van der Waals surface area contributed by atoms with Gasteiger partial charge in [-0.05, 0) is 30.9 Å². The summed E-state index contributed by atoms with van der Waals surface area (Å²) in [6.07, 6.45) is 2.16. The van der Waals surface area contributed by atoms with E-state index in [-0.39, 0.29) is 24.5 Å². The Morgan fingerprint density at radius 2 is 1.95 bits per heavy atom. The molecule has 0 radical (unpaired) electrons. The van der Waals surface area contributed by atoms with Crippen molar-refractivity contribution in [3.05, 3.63) is 35.4 Å². The smallest absolute Gasteiger partial charge is 0.224 e. The second kappa shape index (κ2) is 8.64. The molecule has 0 aromatic heterocycles. The summed E-state index contributed by atoms with van der Waals surface area (Å²) in [7, 11) is 0. The van der Waals surface area contributed by atoms with Crippen LogP contribution in [0.1, 0.15) is 31.7 Å². The van der Waals surface area contributed by atoms with Gasteiger partial charge in [0.15, 0.2) is 0 Å². The molecule has 2 N–H and O–H groups in total. The van der Waals surface area contributed by atoms with Gasteiger partial charge in [0.25, 0.3) is 0 Å². The van der Waals surface area contributed by atoms with E-state index in [1.807, 2.05) is 6.92 Å². The highest BCUT2D eigenvalue weighted by Crippen LogP contribution is 2.13. The lowest BCUT2D eigenvalue weighted by Crippen LogP contribution is -2.31. The topological polar surface area (TPSA) is 49.3 Å². The molecule has 20 heavy (non-hydrogen) atoms. The van der Waals surface area contributed by atoms with Crippen LogP contribution in [0, 0.1) is 17.6 Å². The van der Waals surface area contributed by atoms with Gasteiger partial charge in [-0.2, -0.15) is 0 Å². The molecule has 3 nitrogen and oxygen atoms in total. The fraction of sp³-hybridized carbons (Fsp3) is 0.533. The summed E-state index contributed by atoms with van der Waals surface area (Å²) in [5.74, 6) is -1.63. The number of hydrogen-bond acceptors (Lipinski definition) is 2. The largest absolute Gasteiger partial charge is 0.396 e. The predicted molar refractivity (Wildman–Crippen MR) is 73.2 cm³/mol. The molecule has 0 heterocycles. The summed E-state index contributed by atoms with van der Waals surface area (Å²) in [4.78, 5) is 11.7. The molecular formula is C15H21F2NO2. The zero-order valence-corrected chi connectivity index (χ0v) is 11.7. The van der Waals surface area contributed by atoms with E-state index in [2.05, 4.69) is 5.32 Å². The second-order valence-corrected chi connectivity index (χ2v) is 4.85. The first-order valence-electron chi connectivity index (χ1n) is 6.88. The third-order valence-electron chi connectivity index (χ3n) is 3.22. The van der Waals surface area contributed by atoms with Gasteiger partial charge in [0, 0.05) is 18.7 Å². The Morgan fingerprint density at radius 1 is 1.30 bits per heavy atom. The van der Waals surface area contributed by atoms with Crippen molar-refractivity contribution in [3.63, 3.8) is 0 Å². The molecule has 0 aliphatic carbocycles. The Labute approximate surface area is 118 Å². The molecule has 0 aliphatic rings. The summed E-state index contributed by atoms with van der Waals surface area (Å²) in [5.41, 5.74) is -0.209. The molecular weight excluding hydrogens is 264 g/mol. The lowest BCUT2D eigenvalue weighted by atomic mass is 10.00. The average Bonchev–Trinajstić information content (AvgIpc) is 2.41. The van der Waals surface area contributed by atoms with Crippen LogP contribution in [0.5, 0.6) is 0 Å². The van der Waals surface area contributed by atoms with E-state index in [1.54, 1.807) is 0 Å². The quantitative estimate of drug-likeness (QED) is 0.770. The van der Waals surface area contributed by atoms with Crippen LogP contribution in [0.15, 0.2) is 18.2 Å². The SMILES string of the molecule is CCCC(CCO)CNC(=O)Cc1c(F)cccc1F. The third kappa shape index (κ3) is 5.25. The van der Waals surface area contributed by atoms with Crippen molar-refractivity contribution < 1.29 is 18.7 Å². The number of benzene rings is 1. The Bertz CT molecular complexity index is 412. The highest BCUT2D eigenvalue weighted by Gasteiger charge is 2.14. The number of aliphatic hydroxyl groups excluding tert-OH is 1. The fourth-order valence-corrected chi connectivity index (χ4v) is 2.12. The van der Waals surface area contributed by atoms with Gasteiger partial charge in [0.1, 0.15) is 11.6 Å². The lowest BCUT2D eigenvalue weighted by Gasteiger charge is -2.15. The maximum absolute atomic E-state index is 13.4. The molecule has 112 valence electrons. The first-order valence-corrected chi connectivity index (χ1v) is 6.88. The normalized spacial score (nSPS) is 12.2. The van der Waals surface area contributed by atoms with Gasteiger partial charge in [-0.15, -0.1) is 0 Å². The van der Waals surface area contributed by atoms with Crippen LogP contribution in [0.3, 0.4) is 0 Å². The summed E-state index contributed by atoms with van der Waals surface area (Å²) in [6.45, 7) is 2.52. The molecule has 0 fully saturated rings. The van der Waals surface area contributed by atoms with Crippen LogP contribution >= 0.6 is 0 Å². The maximum atomic E-state index is 13.4. The van der Waals surface area contributed by atoms with Crippen molar-refractivity contribution in [2.24, 2.45) is 5.92 Å². The van der Waals surface area contributed by atoms with E-state index in [4.69, 9.17) is 5.11 Å². The fourth-order valence-electron chi connectivity index (χ4n) is 2.12. The van der Waals surface area contributed by atoms with E-state index in [1.165, 1.54) is 6.07 Å². The number of halogens is 2. The zero-order chi connectivity index (χ0) is 15.0. The van der Waals surface area contributed by atoms with Crippen LogP contribution in [0.2, 0.25) is 0 Å². The maximum Gasteiger partial charge on any atom is 0.224 e. The van der Waals surface area contributed by atoms with Crippen molar-refractivity contribution in [2.75, 3.05) is 13.2 Å². The Hall–Kier alpha value is -1.49. The zero-order valence-electron chi connectivity index (χ0n) is 11.7. The minimum absolute atomic E-state index is 0.0719. The van der Waals surface area contributed by atoms with E-state index < -0.39 is 17.5 Å². The van der Waals surface area contributed by atoms with Gasteiger partial charge in [-0.25, -0.2) is 8.78 Å².